The molecule has 0 saturated carbocycles. The maximum absolute atomic E-state index is 12.8. The molecule has 0 spiro atoms. The number of para-hydroxylation sites is 1. The number of benzene rings is 1. The van der Waals surface area contributed by atoms with E-state index in [1.54, 1.807) is 35.0 Å². The number of aryl methyl sites for hydroxylation is 1. The van der Waals surface area contributed by atoms with Crippen molar-refractivity contribution in [3.63, 3.8) is 0 Å². The number of amides is 2. The zero-order valence-electron chi connectivity index (χ0n) is 15.5. The van der Waals surface area contributed by atoms with E-state index in [9.17, 15) is 14.7 Å². The van der Waals surface area contributed by atoms with E-state index in [1.807, 2.05) is 31.4 Å². The van der Waals surface area contributed by atoms with Gasteiger partial charge in [-0.1, -0.05) is 18.2 Å². The Morgan fingerprint density at radius 1 is 1.33 bits per heavy atom. The van der Waals surface area contributed by atoms with E-state index < -0.39 is 12.1 Å². The lowest BCUT2D eigenvalue weighted by Gasteiger charge is -2.27. The van der Waals surface area contributed by atoms with Gasteiger partial charge in [0.1, 0.15) is 11.8 Å². The summed E-state index contributed by atoms with van der Waals surface area (Å²) in [6.07, 6.45) is 3.05. The molecule has 1 saturated heterocycles. The third-order valence-electron chi connectivity index (χ3n) is 4.54. The van der Waals surface area contributed by atoms with E-state index in [0.717, 1.165) is 5.56 Å². The van der Waals surface area contributed by atoms with Crippen molar-refractivity contribution in [2.45, 2.75) is 25.1 Å². The maximum atomic E-state index is 12.8. The first-order valence-corrected chi connectivity index (χ1v) is 8.82. The molecule has 2 amide bonds. The van der Waals surface area contributed by atoms with Crippen molar-refractivity contribution in [3.8, 4) is 5.75 Å². The van der Waals surface area contributed by atoms with Gasteiger partial charge in [0.25, 0.3) is 5.91 Å². The van der Waals surface area contributed by atoms with Crippen molar-refractivity contribution < 1.29 is 19.4 Å². The molecule has 1 aliphatic rings. The zero-order chi connectivity index (χ0) is 19.4. The quantitative estimate of drug-likeness (QED) is 0.794. The third-order valence-corrected chi connectivity index (χ3v) is 4.54. The Balaban J connectivity index is 1.62. The van der Waals surface area contributed by atoms with Gasteiger partial charge in [0, 0.05) is 45.4 Å². The second-order valence-corrected chi connectivity index (χ2v) is 6.77. The highest BCUT2D eigenvalue weighted by Crippen LogP contribution is 2.21. The number of hydrogen-bond donors (Lipinski definition) is 1. The lowest BCUT2D eigenvalue weighted by molar-refractivity contribution is -0.144. The molecule has 1 fully saturated rings. The number of carbonyl (C=O) groups excluding carboxylic acids is 2. The average molecular weight is 372 g/mol. The van der Waals surface area contributed by atoms with Gasteiger partial charge in [0.2, 0.25) is 5.91 Å². The van der Waals surface area contributed by atoms with Crippen molar-refractivity contribution in [2.75, 3.05) is 20.2 Å². The van der Waals surface area contributed by atoms with Crippen LogP contribution in [0.5, 0.6) is 5.75 Å². The number of likely N-dealkylation sites (N-methyl/N-ethyl adjacent to an activating group) is 1. The second kappa shape index (κ2) is 8.22. The number of carbonyl (C=O) groups is 2. The fraction of sp³-hybridized carbons (Fsp3) is 0.421. The zero-order valence-corrected chi connectivity index (χ0v) is 15.5. The highest BCUT2D eigenvalue weighted by molar-refractivity contribution is 5.88. The predicted molar refractivity (Wildman–Crippen MR) is 97.7 cm³/mol. The van der Waals surface area contributed by atoms with Gasteiger partial charge in [-0.2, -0.15) is 5.10 Å². The van der Waals surface area contributed by atoms with Crippen molar-refractivity contribution >= 4 is 11.8 Å². The first-order chi connectivity index (χ1) is 12.9. The molecule has 3 rings (SSSR count). The largest absolute Gasteiger partial charge is 0.484 e. The molecule has 1 aromatic carbocycles. The Hall–Kier alpha value is -2.87. The number of nitrogens with zero attached hydrogens (tertiary/aromatic N) is 4. The average Bonchev–Trinajstić information content (AvgIpc) is 3.25. The highest BCUT2D eigenvalue weighted by atomic mass is 16.5. The van der Waals surface area contributed by atoms with Gasteiger partial charge >= 0.3 is 0 Å². The van der Waals surface area contributed by atoms with Crippen molar-refractivity contribution in [2.24, 2.45) is 7.05 Å². The van der Waals surface area contributed by atoms with Gasteiger partial charge in [0.05, 0.1) is 12.3 Å². The molecule has 1 aromatic heterocycles. The second-order valence-electron chi connectivity index (χ2n) is 6.77. The van der Waals surface area contributed by atoms with Crippen LogP contribution >= 0.6 is 0 Å². The maximum Gasteiger partial charge on any atom is 0.261 e. The normalized spacial score (nSPS) is 19.1. The topological polar surface area (TPSA) is 87.9 Å². The molecule has 8 heteroatoms. The predicted octanol–water partition coefficient (Wildman–Crippen LogP) is 0.419. The Bertz CT molecular complexity index is 792. The number of aliphatic hydroxyl groups is 1. The molecular formula is C19H24N4O4. The van der Waals surface area contributed by atoms with Gasteiger partial charge in [-0.25, -0.2) is 0 Å². The summed E-state index contributed by atoms with van der Waals surface area (Å²) in [6, 6.07) is 8.33. The van der Waals surface area contributed by atoms with Crippen molar-refractivity contribution in [3.05, 3.63) is 48.3 Å². The monoisotopic (exact) mass is 372 g/mol. The van der Waals surface area contributed by atoms with Crippen LogP contribution in [0.25, 0.3) is 0 Å². The summed E-state index contributed by atoms with van der Waals surface area (Å²) >= 11 is 0. The smallest absolute Gasteiger partial charge is 0.261 e. The van der Waals surface area contributed by atoms with Crippen LogP contribution < -0.4 is 4.74 Å². The number of rotatable bonds is 6. The number of β-amino-alcohol motifs (C(OH)–C–C–N with tert-alkyl or cyclic N) is 1. The Labute approximate surface area is 157 Å². The SMILES string of the molecule is CN(Cc1cnn(C)c1)C(=O)C1CC(O)CN1C(=O)COc1ccccc1. The van der Waals surface area contributed by atoms with Crippen LogP contribution in [0.15, 0.2) is 42.7 Å². The molecule has 2 atom stereocenters. The Morgan fingerprint density at radius 2 is 2.07 bits per heavy atom. The molecule has 2 aromatic rings. The van der Waals surface area contributed by atoms with E-state index >= 15 is 0 Å². The van der Waals surface area contributed by atoms with Crippen LogP contribution in [0.3, 0.4) is 0 Å². The van der Waals surface area contributed by atoms with E-state index in [0.29, 0.717) is 12.3 Å². The molecule has 0 aliphatic carbocycles. The minimum atomic E-state index is -0.716. The van der Waals surface area contributed by atoms with E-state index in [1.165, 1.54) is 4.90 Å². The summed E-state index contributed by atoms with van der Waals surface area (Å²) < 4.78 is 7.16. The van der Waals surface area contributed by atoms with Crippen molar-refractivity contribution in [1.82, 2.24) is 19.6 Å². The van der Waals surface area contributed by atoms with Crippen LogP contribution in [0, 0.1) is 0 Å². The number of aromatic nitrogens is 2. The van der Waals surface area contributed by atoms with E-state index in [-0.39, 0.29) is 31.4 Å². The summed E-state index contributed by atoms with van der Waals surface area (Å²) in [5.41, 5.74) is 0.900. The molecule has 2 heterocycles. The summed E-state index contributed by atoms with van der Waals surface area (Å²) in [6.45, 7) is 0.350. The molecule has 0 radical (unpaired) electrons. The summed E-state index contributed by atoms with van der Waals surface area (Å²) in [5, 5.41) is 14.1. The molecule has 27 heavy (non-hydrogen) atoms. The van der Waals surface area contributed by atoms with Crippen molar-refractivity contribution in [1.29, 1.82) is 0 Å². The molecular weight excluding hydrogens is 348 g/mol. The first kappa shape index (κ1) is 18.9. The molecule has 2 unspecified atom stereocenters. The number of ether oxygens (including phenoxy) is 1. The van der Waals surface area contributed by atoms with Crippen LogP contribution in [0.1, 0.15) is 12.0 Å². The van der Waals surface area contributed by atoms with Gasteiger partial charge in [0.15, 0.2) is 6.61 Å². The van der Waals surface area contributed by atoms with Crippen LogP contribution in [-0.4, -0.2) is 68.8 Å². The molecule has 1 N–H and O–H groups in total. The summed E-state index contributed by atoms with van der Waals surface area (Å²) in [4.78, 5) is 28.4. The summed E-state index contributed by atoms with van der Waals surface area (Å²) in [5.74, 6) is 0.0640. The number of aliphatic hydroxyl groups excluding tert-OH is 1. The fourth-order valence-corrected chi connectivity index (χ4v) is 3.23. The van der Waals surface area contributed by atoms with Gasteiger partial charge < -0.3 is 19.6 Å². The van der Waals surface area contributed by atoms with Crippen LogP contribution in [-0.2, 0) is 23.2 Å². The number of hydrogen-bond acceptors (Lipinski definition) is 5. The van der Waals surface area contributed by atoms with E-state index in [4.69, 9.17) is 4.74 Å². The Kier molecular flexibility index (Phi) is 5.75. The first-order valence-electron chi connectivity index (χ1n) is 8.82. The molecule has 0 bridgehead atoms. The van der Waals surface area contributed by atoms with Gasteiger partial charge in [-0.15, -0.1) is 0 Å². The summed E-state index contributed by atoms with van der Waals surface area (Å²) in [7, 11) is 3.49. The minimum absolute atomic E-state index is 0.133. The Morgan fingerprint density at radius 3 is 2.74 bits per heavy atom. The van der Waals surface area contributed by atoms with Crippen LogP contribution in [0.4, 0.5) is 0 Å². The molecule has 1 aliphatic heterocycles. The lowest BCUT2D eigenvalue weighted by Crippen LogP contribution is -2.47. The molecule has 144 valence electrons. The van der Waals surface area contributed by atoms with Gasteiger partial charge in [-0.3, -0.25) is 14.3 Å². The minimum Gasteiger partial charge on any atom is -0.484 e. The molecule has 8 nitrogen and oxygen atoms in total. The van der Waals surface area contributed by atoms with Gasteiger partial charge in [-0.05, 0) is 12.1 Å². The van der Waals surface area contributed by atoms with E-state index in [2.05, 4.69) is 5.10 Å². The van der Waals surface area contributed by atoms with Crippen LogP contribution in [0.2, 0.25) is 0 Å². The fourth-order valence-electron chi connectivity index (χ4n) is 3.23. The highest BCUT2D eigenvalue weighted by Gasteiger charge is 2.40. The number of likely N-dealkylation sites (tertiary alicyclic amines) is 1. The third kappa shape index (κ3) is 4.65. The lowest BCUT2D eigenvalue weighted by atomic mass is 10.1. The standard InChI is InChI=1S/C19H24N4O4/c1-21(10-14-9-20-22(2)11-14)19(26)17-8-15(24)12-23(17)18(25)13-27-16-6-4-3-5-7-16/h3-7,9,11,15,17,24H,8,10,12-13H2,1-2H3.